The molecule has 27 heavy (non-hydrogen) atoms. The number of ether oxygens (including phenoxy) is 1. The Morgan fingerprint density at radius 1 is 1.22 bits per heavy atom. The van der Waals surface area contributed by atoms with Gasteiger partial charge >= 0.3 is 6.09 Å². The average molecular weight is 373 g/mol. The SMILES string of the molecule is CCC[C@H](CNC(=O)OC)C(=O)N1CC2(CC(c3cc(C)cc(C)c3)C2)C1. The number of nitrogens with zero attached hydrogens (tertiary/aromatic N) is 1. The maximum atomic E-state index is 12.8. The number of methoxy groups -OCH3 is 1. The van der Waals surface area contributed by atoms with Crippen molar-refractivity contribution in [2.45, 2.75) is 52.4 Å². The van der Waals surface area contributed by atoms with E-state index in [0.29, 0.717) is 17.9 Å². The van der Waals surface area contributed by atoms with Crippen molar-refractivity contribution < 1.29 is 14.3 Å². The first-order chi connectivity index (χ1) is 12.9. The second kappa shape index (κ2) is 7.91. The Balaban J connectivity index is 1.51. The molecule has 1 saturated carbocycles. The number of carbonyl (C=O) groups is 2. The summed E-state index contributed by atoms with van der Waals surface area (Å²) < 4.78 is 4.61. The Labute approximate surface area is 162 Å². The van der Waals surface area contributed by atoms with Gasteiger partial charge in [-0.15, -0.1) is 0 Å². The lowest BCUT2D eigenvalue weighted by molar-refractivity contribution is -0.156. The van der Waals surface area contributed by atoms with E-state index in [9.17, 15) is 9.59 Å². The molecule has 3 rings (SSSR count). The van der Waals surface area contributed by atoms with Crippen LogP contribution >= 0.6 is 0 Å². The van der Waals surface area contributed by atoms with E-state index < -0.39 is 6.09 Å². The molecule has 2 fully saturated rings. The third kappa shape index (κ3) is 4.28. The van der Waals surface area contributed by atoms with Crippen LogP contribution in [0.3, 0.4) is 0 Å². The zero-order valence-corrected chi connectivity index (χ0v) is 17.0. The van der Waals surface area contributed by atoms with Crippen LogP contribution in [0.4, 0.5) is 4.79 Å². The third-order valence-corrected chi connectivity index (χ3v) is 6.10. The summed E-state index contributed by atoms with van der Waals surface area (Å²) in [6.07, 6.45) is 3.60. The van der Waals surface area contributed by atoms with E-state index in [-0.39, 0.29) is 11.8 Å². The van der Waals surface area contributed by atoms with E-state index in [0.717, 1.165) is 25.9 Å². The van der Waals surface area contributed by atoms with Gasteiger partial charge in [-0.05, 0) is 44.6 Å². The summed E-state index contributed by atoms with van der Waals surface area (Å²) in [5.41, 5.74) is 4.44. The number of carbonyl (C=O) groups excluding carboxylic acids is 2. The summed E-state index contributed by atoms with van der Waals surface area (Å²) in [7, 11) is 1.34. The number of aryl methyl sites for hydroxylation is 2. The Hall–Kier alpha value is -2.04. The minimum absolute atomic E-state index is 0.151. The van der Waals surface area contributed by atoms with Crippen LogP contribution in [0.25, 0.3) is 0 Å². The largest absolute Gasteiger partial charge is 0.453 e. The molecule has 0 bridgehead atoms. The van der Waals surface area contributed by atoms with E-state index in [1.54, 1.807) is 0 Å². The first-order valence-electron chi connectivity index (χ1n) is 10.0. The minimum atomic E-state index is -0.473. The van der Waals surface area contributed by atoms with Gasteiger partial charge < -0.3 is 15.0 Å². The molecule has 5 nitrogen and oxygen atoms in total. The summed E-state index contributed by atoms with van der Waals surface area (Å²) in [5, 5.41) is 2.68. The molecule has 0 aromatic heterocycles. The van der Waals surface area contributed by atoms with Crippen LogP contribution in [-0.2, 0) is 9.53 Å². The molecular weight excluding hydrogens is 340 g/mol. The molecule has 5 heteroatoms. The topological polar surface area (TPSA) is 58.6 Å². The summed E-state index contributed by atoms with van der Waals surface area (Å²) in [6, 6.07) is 6.83. The van der Waals surface area contributed by atoms with Crippen LogP contribution in [-0.4, -0.2) is 43.6 Å². The first-order valence-corrected chi connectivity index (χ1v) is 10.0. The molecule has 1 heterocycles. The summed E-state index contributed by atoms with van der Waals surface area (Å²) in [6.45, 7) is 8.47. The number of hydrogen-bond acceptors (Lipinski definition) is 3. The van der Waals surface area contributed by atoms with Crippen LogP contribution in [0.2, 0.25) is 0 Å². The van der Waals surface area contributed by atoms with Crippen molar-refractivity contribution in [1.82, 2.24) is 10.2 Å². The fourth-order valence-electron chi connectivity index (χ4n) is 4.84. The lowest BCUT2D eigenvalue weighted by atomic mass is 9.56. The Kier molecular flexibility index (Phi) is 5.78. The molecule has 1 saturated heterocycles. The molecule has 1 spiro atoms. The summed E-state index contributed by atoms with van der Waals surface area (Å²) in [4.78, 5) is 26.1. The molecule has 1 aromatic carbocycles. The number of alkyl carbamates (subject to hydrolysis) is 1. The lowest BCUT2D eigenvalue weighted by Gasteiger charge is -2.59. The minimum Gasteiger partial charge on any atom is -0.453 e. The van der Waals surface area contributed by atoms with E-state index >= 15 is 0 Å². The van der Waals surface area contributed by atoms with Gasteiger partial charge in [-0.2, -0.15) is 0 Å². The highest BCUT2D eigenvalue weighted by atomic mass is 16.5. The monoisotopic (exact) mass is 372 g/mol. The highest BCUT2D eigenvalue weighted by molar-refractivity contribution is 5.81. The van der Waals surface area contributed by atoms with Gasteiger partial charge in [0, 0.05) is 25.0 Å². The van der Waals surface area contributed by atoms with E-state index in [1.165, 1.54) is 36.6 Å². The number of amides is 2. The molecule has 1 N–H and O–H groups in total. The van der Waals surface area contributed by atoms with Crippen molar-refractivity contribution in [1.29, 1.82) is 0 Å². The maximum Gasteiger partial charge on any atom is 0.406 e. The number of nitrogens with one attached hydrogen (secondary N) is 1. The molecule has 2 aliphatic rings. The van der Waals surface area contributed by atoms with Gasteiger partial charge in [0.1, 0.15) is 0 Å². The zero-order valence-electron chi connectivity index (χ0n) is 17.0. The Morgan fingerprint density at radius 2 is 1.85 bits per heavy atom. The van der Waals surface area contributed by atoms with Gasteiger partial charge in [-0.3, -0.25) is 4.79 Å². The Bertz CT molecular complexity index is 681. The second-order valence-electron chi connectivity index (χ2n) is 8.58. The molecule has 0 radical (unpaired) electrons. The van der Waals surface area contributed by atoms with Crippen molar-refractivity contribution >= 4 is 12.0 Å². The highest BCUT2D eigenvalue weighted by Crippen LogP contribution is 2.56. The molecule has 1 aromatic rings. The number of benzene rings is 1. The van der Waals surface area contributed by atoms with E-state index in [2.05, 4.69) is 49.0 Å². The van der Waals surface area contributed by atoms with Gasteiger partial charge in [-0.25, -0.2) is 4.79 Å². The number of likely N-dealkylation sites (tertiary alicyclic amines) is 1. The van der Waals surface area contributed by atoms with Crippen molar-refractivity contribution in [3.8, 4) is 0 Å². The smallest absolute Gasteiger partial charge is 0.406 e. The molecule has 1 atom stereocenters. The van der Waals surface area contributed by atoms with Crippen LogP contribution in [0.5, 0.6) is 0 Å². The average Bonchev–Trinajstić information content (AvgIpc) is 2.54. The molecule has 1 aliphatic carbocycles. The van der Waals surface area contributed by atoms with Gasteiger partial charge in [-0.1, -0.05) is 42.7 Å². The summed E-state index contributed by atoms with van der Waals surface area (Å²) in [5.74, 6) is 0.656. The molecular formula is C22H32N2O3. The van der Waals surface area contributed by atoms with Crippen LogP contribution in [0.1, 0.15) is 55.2 Å². The van der Waals surface area contributed by atoms with Crippen molar-refractivity contribution in [3.05, 3.63) is 34.9 Å². The maximum absolute atomic E-state index is 12.8. The number of hydrogen-bond donors (Lipinski definition) is 1. The van der Waals surface area contributed by atoms with Crippen molar-refractivity contribution in [2.75, 3.05) is 26.7 Å². The standard InChI is InChI=1S/C22H32N2O3/c1-5-6-17(12-23-21(26)27-4)20(25)24-13-22(14-24)10-19(11-22)18-8-15(2)7-16(3)9-18/h7-9,17,19H,5-6,10-14H2,1-4H3,(H,23,26)/t17-/m1/s1. The van der Waals surface area contributed by atoms with E-state index in [1.807, 2.05) is 4.90 Å². The fourth-order valence-corrected chi connectivity index (χ4v) is 4.84. The fraction of sp³-hybridized carbons (Fsp3) is 0.636. The van der Waals surface area contributed by atoms with Crippen molar-refractivity contribution in [3.63, 3.8) is 0 Å². The predicted octanol–water partition coefficient (Wildman–Crippen LogP) is 3.78. The van der Waals surface area contributed by atoms with Gasteiger partial charge in [0.05, 0.1) is 13.0 Å². The number of rotatable bonds is 6. The van der Waals surface area contributed by atoms with Gasteiger partial charge in [0.25, 0.3) is 0 Å². The quantitative estimate of drug-likeness (QED) is 0.827. The van der Waals surface area contributed by atoms with Crippen LogP contribution < -0.4 is 5.32 Å². The van der Waals surface area contributed by atoms with E-state index in [4.69, 9.17) is 0 Å². The molecule has 0 unspecified atom stereocenters. The Morgan fingerprint density at radius 3 is 2.41 bits per heavy atom. The predicted molar refractivity (Wildman–Crippen MR) is 106 cm³/mol. The second-order valence-corrected chi connectivity index (χ2v) is 8.58. The summed E-state index contributed by atoms with van der Waals surface area (Å²) >= 11 is 0. The van der Waals surface area contributed by atoms with Crippen LogP contribution in [0, 0.1) is 25.2 Å². The van der Waals surface area contributed by atoms with Crippen molar-refractivity contribution in [2.24, 2.45) is 11.3 Å². The molecule has 1 aliphatic heterocycles. The molecule has 2 amide bonds. The molecule has 148 valence electrons. The first kappa shape index (κ1) is 19.7. The van der Waals surface area contributed by atoms with Crippen LogP contribution in [0.15, 0.2) is 18.2 Å². The lowest BCUT2D eigenvalue weighted by Crippen LogP contribution is -2.64. The zero-order chi connectivity index (χ0) is 19.6. The normalized spacial score (nSPS) is 19.2. The third-order valence-electron chi connectivity index (χ3n) is 6.10. The highest BCUT2D eigenvalue weighted by Gasteiger charge is 2.54. The van der Waals surface area contributed by atoms with Gasteiger partial charge in [0.15, 0.2) is 0 Å². The van der Waals surface area contributed by atoms with Gasteiger partial charge in [0.2, 0.25) is 5.91 Å².